The van der Waals surface area contributed by atoms with Crippen molar-refractivity contribution < 1.29 is 14.3 Å². The first-order valence-electron chi connectivity index (χ1n) is 6.04. The number of halogens is 1. The second-order valence-corrected chi connectivity index (χ2v) is 5.43. The summed E-state index contributed by atoms with van der Waals surface area (Å²) >= 11 is 2.30. The van der Waals surface area contributed by atoms with Gasteiger partial charge in [-0.25, -0.2) is 0 Å². The Hall–Kier alpha value is -0.980. The van der Waals surface area contributed by atoms with E-state index in [1.165, 1.54) is 0 Å². The number of carbonyl (C=O) groups excluding carboxylic acids is 1. The van der Waals surface area contributed by atoms with Crippen LogP contribution in [0.3, 0.4) is 0 Å². The highest BCUT2D eigenvalue weighted by molar-refractivity contribution is 14.1. The van der Waals surface area contributed by atoms with Crippen LogP contribution in [-0.2, 0) is 4.79 Å². The number of alkyl halides is 1. The van der Waals surface area contributed by atoms with Gasteiger partial charge in [-0.05, 0) is 24.1 Å². The van der Waals surface area contributed by atoms with Gasteiger partial charge in [0.2, 0.25) is 5.91 Å². The smallest absolute Gasteiger partial charge is 0.227 e. The molecule has 96 valence electrons. The molecule has 18 heavy (non-hydrogen) atoms. The highest BCUT2D eigenvalue weighted by Gasteiger charge is 2.33. The number of rotatable bonds is 2. The number of hydrogen-bond acceptors (Lipinski definition) is 3. The number of carbonyl (C=O) groups is 1. The molecule has 0 spiro atoms. The van der Waals surface area contributed by atoms with Crippen molar-refractivity contribution in [3.63, 3.8) is 0 Å². The van der Waals surface area contributed by atoms with Crippen molar-refractivity contribution in [2.45, 2.75) is 18.4 Å². The number of benzene rings is 1. The van der Waals surface area contributed by atoms with Gasteiger partial charge < -0.3 is 14.8 Å². The fourth-order valence-corrected chi connectivity index (χ4v) is 3.00. The molecule has 0 aliphatic carbocycles. The Balaban J connectivity index is 1.86. The van der Waals surface area contributed by atoms with Crippen LogP contribution in [-0.4, -0.2) is 29.6 Å². The molecule has 2 aliphatic rings. The summed E-state index contributed by atoms with van der Waals surface area (Å²) in [6.07, 6.45) is 0.863. The minimum absolute atomic E-state index is 0.0550. The maximum atomic E-state index is 11.9. The summed E-state index contributed by atoms with van der Waals surface area (Å²) in [7, 11) is 0. The van der Waals surface area contributed by atoms with Crippen molar-refractivity contribution in [2.75, 3.05) is 17.6 Å². The van der Waals surface area contributed by atoms with Crippen LogP contribution >= 0.6 is 22.6 Å². The molecule has 1 saturated heterocycles. The van der Waals surface area contributed by atoms with E-state index in [1.807, 2.05) is 18.2 Å². The quantitative estimate of drug-likeness (QED) is 0.648. The zero-order valence-corrected chi connectivity index (χ0v) is 12.0. The summed E-state index contributed by atoms with van der Waals surface area (Å²) in [6, 6.07) is 6.09. The van der Waals surface area contributed by atoms with Gasteiger partial charge in [-0.2, -0.15) is 0 Å². The molecule has 1 amide bonds. The average Bonchev–Trinajstić information content (AvgIpc) is 2.79. The number of hydrogen-bond donors (Lipinski definition) is 1. The zero-order valence-electron chi connectivity index (χ0n) is 9.82. The molecule has 0 saturated carbocycles. The van der Waals surface area contributed by atoms with E-state index in [0.29, 0.717) is 13.2 Å². The number of nitrogens with one attached hydrogen (secondary N) is 1. The Morgan fingerprint density at radius 1 is 1.28 bits per heavy atom. The molecule has 1 fully saturated rings. The molecule has 5 heteroatoms. The van der Waals surface area contributed by atoms with Gasteiger partial charge in [0.05, 0.1) is 5.92 Å². The first-order valence-corrected chi connectivity index (χ1v) is 7.56. The first kappa shape index (κ1) is 12.1. The molecule has 0 bridgehead atoms. The Bertz CT molecular complexity index is 477. The van der Waals surface area contributed by atoms with Crippen molar-refractivity contribution >= 4 is 28.5 Å². The zero-order chi connectivity index (χ0) is 12.5. The molecule has 1 N–H and O–H groups in total. The Morgan fingerprint density at radius 3 is 2.78 bits per heavy atom. The third-order valence-electron chi connectivity index (χ3n) is 3.34. The molecular weight excluding hydrogens is 345 g/mol. The van der Waals surface area contributed by atoms with E-state index >= 15 is 0 Å². The van der Waals surface area contributed by atoms with Crippen LogP contribution in [0.25, 0.3) is 0 Å². The first-order chi connectivity index (χ1) is 8.78. The Labute approximate surface area is 119 Å². The minimum atomic E-state index is -0.0550. The lowest BCUT2D eigenvalue weighted by Crippen LogP contribution is -2.26. The van der Waals surface area contributed by atoms with Gasteiger partial charge >= 0.3 is 0 Å². The van der Waals surface area contributed by atoms with Crippen LogP contribution in [0.15, 0.2) is 18.2 Å². The second-order valence-electron chi connectivity index (χ2n) is 4.55. The predicted octanol–water partition coefficient (Wildman–Crippen LogP) is 1.86. The Kier molecular flexibility index (Phi) is 3.32. The van der Waals surface area contributed by atoms with Crippen LogP contribution in [0.2, 0.25) is 0 Å². The van der Waals surface area contributed by atoms with Gasteiger partial charge in [0, 0.05) is 10.5 Å². The largest absolute Gasteiger partial charge is 0.486 e. The fourth-order valence-electron chi connectivity index (χ4n) is 2.42. The fraction of sp³-hybridized carbons (Fsp3) is 0.462. The highest BCUT2D eigenvalue weighted by Crippen LogP contribution is 2.36. The lowest BCUT2D eigenvalue weighted by atomic mass is 9.95. The van der Waals surface area contributed by atoms with E-state index in [2.05, 4.69) is 27.9 Å². The van der Waals surface area contributed by atoms with Crippen LogP contribution in [0.1, 0.15) is 17.9 Å². The Morgan fingerprint density at radius 2 is 2.06 bits per heavy atom. The van der Waals surface area contributed by atoms with Gasteiger partial charge in [-0.15, -0.1) is 0 Å². The molecular formula is C13H14INO3. The number of amides is 1. The molecule has 1 aromatic carbocycles. The van der Waals surface area contributed by atoms with Crippen LogP contribution in [0.4, 0.5) is 0 Å². The van der Waals surface area contributed by atoms with Crippen molar-refractivity contribution in [3.8, 4) is 11.5 Å². The summed E-state index contributed by atoms with van der Waals surface area (Å²) in [5.41, 5.74) is 1.02. The third-order valence-corrected chi connectivity index (χ3v) is 4.40. The van der Waals surface area contributed by atoms with Crippen LogP contribution in [0, 0.1) is 0 Å². The molecule has 2 aliphatic heterocycles. The van der Waals surface area contributed by atoms with Gasteiger partial charge in [-0.3, -0.25) is 4.79 Å². The number of fused-ring (bicyclic) bond motifs is 1. The second kappa shape index (κ2) is 4.95. The molecule has 1 aromatic rings. The van der Waals surface area contributed by atoms with Crippen molar-refractivity contribution in [3.05, 3.63) is 23.8 Å². The van der Waals surface area contributed by atoms with Gasteiger partial charge in [-0.1, -0.05) is 28.7 Å². The third kappa shape index (κ3) is 2.15. The molecule has 0 radical (unpaired) electrons. The SMILES string of the molecule is O=C1NC(CI)C[C@H]1c1ccc2c(c1)OCCO2. The molecule has 2 heterocycles. The van der Waals surface area contributed by atoms with E-state index < -0.39 is 0 Å². The van der Waals surface area contributed by atoms with Crippen molar-refractivity contribution in [2.24, 2.45) is 0 Å². The van der Waals surface area contributed by atoms with E-state index in [4.69, 9.17) is 9.47 Å². The van der Waals surface area contributed by atoms with E-state index in [9.17, 15) is 4.79 Å². The maximum Gasteiger partial charge on any atom is 0.227 e. The predicted molar refractivity (Wildman–Crippen MR) is 75.6 cm³/mol. The highest BCUT2D eigenvalue weighted by atomic mass is 127. The lowest BCUT2D eigenvalue weighted by Gasteiger charge is -2.19. The summed E-state index contributed by atoms with van der Waals surface area (Å²) in [4.78, 5) is 11.9. The molecule has 0 aromatic heterocycles. The minimum Gasteiger partial charge on any atom is -0.486 e. The van der Waals surface area contributed by atoms with E-state index in [0.717, 1.165) is 27.9 Å². The monoisotopic (exact) mass is 359 g/mol. The summed E-state index contributed by atoms with van der Waals surface area (Å²) in [6.45, 7) is 1.16. The van der Waals surface area contributed by atoms with E-state index in [1.54, 1.807) is 0 Å². The topological polar surface area (TPSA) is 47.6 Å². The van der Waals surface area contributed by atoms with Crippen molar-refractivity contribution in [1.82, 2.24) is 5.32 Å². The summed E-state index contributed by atoms with van der Waals surface area (Å²) < 4.78 is 12.0. The van der Waals surface area contributed by atoms with Gasteiger partial charge in [0.15, 0.2) is 11.5 Å². The van der Waals surface area contributed by atoms with Crippen LogP contribution < -0.4 is 14.8 Å². The molecule has 1 unspecified atom stereocenters. The standard InChI is InChI=1S/C13H14INO3/c14-7-9-6-10(13(16)15-9)8-1-2-11-12(5-8)18-4-3-17-11/h1-2,5,9-10H,3-4,6-7H2,(H,15,16)/t9?,10-/m0/s1. The summed E-state index contributed by atoms with van der Waals surface area (Å²) in [5.74, 6) is 1.59. The van der Waals surface area contributed by atoms with Gasteiger partial charge in [0.25, 0.3) is 0 Å². The van der Waals surface area contributed by atoms with Crippen LogP contribution in [0.5, 0.6) is 11.5 Å². The molecule has 2 atom stereocenters. The van der Waals surface area contributed by atoms with E-state index in [-0.39, 0.29) is 17.9 Å². The van der Waals surface area contributed by atoms with Gasteiger partial charge in [0.1, 0.15) is 13.2 Å². The van der Waals surface area contributed by atoms with Crippen molar-refractivity contribution in [1.29, 1.82) is 0 Å². The normalized spacial score (nSPS) is 25.9. The number of ether oxygens (including phenoxy) is 2. The maximum absolute atomic E-state index is 11.9. The molecule has 4 nitrogen and oxygen atoms in total. The average molecular weight is 359 g/mol. The lowest BCUT2D eigenvalue weighted by molar-refractivity contribution is -0.120. The molecule has 3 rings (SSSR count). The summed E-state index contributed by atoms with van der Waals surface area (Å²) in [5, 5.41) is 3.01.